The van der Waals surface area contributed by atoms with Crippen LogP contribution in [-0.4, -0.2) is 53.4 Å². The number of halogens is 3. The average molecular weight is 569 g/mol. The fourth-order valence-electron chi connectivity index (χ4n) is 6.71. The minimum atomic E-state index is -4.61. The van der Waals surface area contributed by atoms with Crippen LogP contribution in [0.3, 0.4) is 0 Å². The lowest BCUT2D eigenvalue weighted by Crippen LogP contribution is -2.34. The van der Waals surface area contributed by atoms with Gasteiger partial charge in [-0.1, -0.05) is 19.1 Å². The van der Waals surface area contributed by atoms with Crippen molar-refractivity contribution in [2.45, 2.75) is 51.2 Å². The maximum absolute atomic E-state index is 14.3. The van der Waals surface area contributed by atoms with Crippen molar-refractivity contribution in [2.24, 2.45) is 24.8 Å². The molecule has 8 nitrogen and oxygen atoms in total. The van der Waals surface area contributed by atoms with Gasteiger partial charge < -0.3 is 9.67 Å². The predicted molar refractivity (Wildman–Crippen MR) is 148 cm³/mol. The highest BCUT2D eigenvalue weighted by Crippen LogP contribution is 2.46. The van der Waals surface area contributed by atoms with Crippen molar-refractivity contribution in [3.05, 3.63) is 82.1 Å². The van der Waals surface area contributed by atoms with E-state index < -0.39 is 17.4 Å². The van der Waals surface area contributed by atoms with Crippen molar-refractivity contribution >= 4 is 5.52 Å². The molecule has 2 fully saturated rings. The second-order valence-electron chi connectivity index (χ2n) is 11.9. The first-order chi connectivity index (χ1) is 19.6. The van der Waals surface area contributed by atoms with Crippen LogP contribution in [0.5, 0.6) is 0 Å². The predicted octanol–water partition coefficient (Wildman–Crippen LogP) is 4.62. The molecule has 1 saturated heterocycles. The molecular weight excluding hydrogens is 533 g/mol. The van der Waals surface area contributed by atoms with E-state index in [1.165, 1.54) is 16.8 Å². The molecule has 1 aliphatic carbocycles. The summed E-state index contributed by atoms with van der Waals surface area (Å²) >= 11 is 0. The fourth-order valence-corrected chi connectivity index (χ4v) is 6.71. The zero-order chi connectivity index (χ0) is 28.9. The number of imidazole rings is 1. The monoisotopic (exact) mass is 568 g/mol. The summed E-state index contributed by atoms with van der Waals surface area (Å²) in [4.78, 5) is 15.8. The minimum absolute atomic E-state index is 0.123. The topological polar surface area (TPSA) is 80.6 Å². The van der Waals surface area contributed by atoms with Gasteiger partial charge in [-0.25, -0.2) is 4.79 Å². The van der Waals surface area contributed by atoms with E-state index in [0.29, 0.717) is 23.7 Å². The molecule has 0 bridgehead atoms. The van der Waals surface area contributed by atoms with E-state index in [0.717, 1.165) is 54.6 Å². The van der Waals surface area contributed by atoms with Crippen LogP contribution < -0.4 is 5.69 Å². The van der Waals surface area contributed by atoms with Gasteiger partial charge in [0.25, 0.3) is 0 Å². The largest absolute Gasteiger partial charge is 0.418 e. The van der Waals surface area contributed by atoms with Crippen molar-refractivity contribution in [1.82, 2.24) is 28.6 Å². The SMILES string of the molecule is C[C@H]1CCCN(Cc2cc(C(F)(F)F)c3cn(-c4cccc([C@@H](c5nncn5C)C5CC(CO)C5)c4)c(=O)n3c2)C1. The number of hydrogen-bond acceptors (Lipinski definition) is 5. The quantitative estimate of drug-likeness (QED) is 0.352. The van der Waals surface area contributed by atoms with E-state index in [4.69, 9.17) is 0 Å². The normalized spacial score (nSPS) is 22.6. The van der Waals surface area contributed by atoms with Crippen LogP contribution >= 0.6 is 0 Å². The molecule has 11 heteroatoms. The highest BCUT2D eigenvalue weighted by atomic mass is 19.4. The van der Waals surface area contributed by atoms with Gasteiger partial charge in [0.1, 0.15) is 12.2 Å². The summed E-state index contributed by atoms with van der Waals surface area (Å²) in [5.74, 6) is 1.61. The summed E-state index contributed by atoms with van der Waals surface area (Å²) in [6.45, 7) is 4.31. The molecule has 3 aromatic heterocycles. The van der Waals surface area contributed by atoms with Gasteiger partial charge in [0.05, 0.1) is 16.8 Å². The van der Waals surface area contributed by atoms with E-state index in [9.17, 15) is 23.1 Å². The number of alkyl halides is 3. The Morgan fingerprint density at radius 3 is 2.66 bits per heavy atom. The Balaban J connectivity index is 1.41. The van der Waals surface area contributed by atoms with Crippen molar-refractivity contribution < 1.29 is 18.3 Å². The number of nitrogens with zero attached hydrogens (tertiary/aromatic N) is 6. The second kappa shape index (κ2) is 10.8. The number of likely N-dealkylation sites (tertiary alicyclic amines) is 1. The lowest BCUT2D eigenvalue weighted by Gasteiger charge is -2.39. The molecule has 6 rings (SSSR count). The van der Waals surface area contributed by atoms with Crippen LogP contribution in [-0.2, 0) is 19.8 Å². The van der Waals surface area contributed by atoms with Gasteiger partial charge in [-0.2, -0.15) is 13.2 Å². The van der Waals surface area contributed by atoms with Gasteiger partial charge in [0.15, 0.2) is 0 Å². The molecule has 4 aromatic rings. The molecule has 2 atom stereocenters. The smallest absolute Gasteiger partial charge is 0.396 e. The van der Waals surface area contributed by atoms with E-state index >= 15 is 0 Å². The van der Waals surface area contributed by atoms with Gasteiger partial charge in [-0.15, -0.1) is 10.2 Å². The average Bonchev–Trinajstić information content (AvgIpc) is 3.47. The van der Waals surface area contributed by atoms with Gasteiger partial charge in [0, 0.05) is 45.1 Å². The van der Waals surface area contributed by atoms with Crippen LogP contribution in [0.1, 0.15) is 61.0 Å². The summed E-state index contributed by atoms with van der Waals surface area (Å²) in [5, 5.41) is 18.0. The first-order valence-corrected chi connectivity index (χ1v) is 14.2. The molecule has 41 heavy (non-hydrogen) atoms. The van der Waals surface area contributed by atoms with Crippen molar-refractivity contribution in [2.75, 3.05) is 19.7 Å². The van der Waals surface area contributed by atoms with Crippen molar-refractivity contribution in [3.8, 4) is 5.69 Å². The Morgan fingerprint density at radius 1 is 1.17 bits per heavy atom. The second-order valence-corrected chi connectivity index (χ2v) is 11.9. The highest BCUT2D eigenvalue weighted by molar-refractivity contribution is 5.58. The van der Waals surface area contributed by atoms with Crippen LogP contribution in [0.25, 0.3) is 11.2 Å². The molecule has 1 N–H and O–H groups in total. The Morgan fingerprint density at radius 2 is 1.98 bits per heavy atom. The van der Waals surface area contributed by atoms with Crippen LogP contribution in [0.4, 0.5) is 13.2 Å². The summed E-state index contributed by atoms with van der Waals surface area (Å²) in [6, 6.07) is 8.55. The third-order valence-electron chi connectivity index (χ3n) is 8.81. The number of rotatable bonds is 7. The number of benzene rings is 1. The lowest BCUT2D eigenvalue weighted by atomic mass is 9.66. The number of aliphatic hydroxyl groups excluding tert-OH is 1. The molecule has 1 aromatic carbocycles. The summed E-state index contributed by atoms with van der Waals surface area (Å²) in [5.41, 5.74) is 0.333. The molecular formula is C30H35F3N6O2. The number of pyridine rings is 1. The molecule has 0 amide bonds. The zero-order valence-electron chi connectivity index (χ0n) is 23.3. The van der Waals surface area contributed by atoms with Crippen LogP contribution in [0, 0.1) is 17.8 Å². The molecule has 0 spiro atoms. The Kier molecular flexibility index (Phi) is 7.27. The van der Waals surface area contributed by atoms with Gasteiger partial charge in [0.2, 0.25) is 0 Å². The maximum atomic E-state index is 14.3. The van der Waals surface area contributed by atoms with Crippen LogP contribution in [0.15, 0.2) is 53.8 Å². The van der Waals surface area contributed by atoms with Crippen molar-refractivity contribution in [3.63, 3.8) is 0 Å². The summed E-state index contributed by atoms with van der Waals surface area (Å²) < 4.78 is 47.1. The minimum Gasteiger partial charge on any atom is -0.396 e. The molecule has 0 unspecified atom stereocenters. The number of hydrogen-bond donors (Lipinski definition) is 1. The first kappa shape index (κ1) is 27.7. The molecule has 1 saturated carbocycles. The summed E-state index contributed by atoms with van der Waals surface area (Å²) in [6.07, 6.45) is 3.67. The lowest BCUT2D eigenvalue weighted by molar-refractivity contribution is -0.136. The summed E-state index contributed by atoms with van der Waals surface area (Å²) in [7, 11) is 1.88. The van der Waals surface area contributed by atoms with Gasteiger partial charge >= 0.3 is 11.9 Å². The Hall–Kier alpha value is -3.44. The Bertz CT molecular complexity index is 1600. The molecule has 4 heterocycles. The van der Waals surface area contributed by atoms with Gasteiger partial charge in [-0.3, -0.25) is 13.9 Å². The number of aryl methyl sites for hydroxylation is 1. The Labute approximate surface area is 236 Å². The van der Waals surface area contributed by atoms with E-state index in [-0.39, 0.29) is 29.9 Å². The van der Waals surface area contributed by atoms with Gasteiger partial charge in [-0.05, 0) is 79.3 Å². The fraction of sp³-hybridized carbons (Fsp3) is 0.500. The maximum Gasteiger partial charge on any atom is 0.418 e. The molecule has 2 aliphatic rings. The highest BCUT2D eigenvalue weighted by Gasteiger charge is 2.39. The molecule has 0 radical (unpaired) electrons. The first-order valence-electron chi connectivity index (χ1n) is 14.2. The van der Waals surface area contributed by atoms with Crippen molar-refractivity contribution in [1.29, 1.82) is 0 Å². The third-order valence-corrected chi connectivity index (χ3v) is 8.81. The number of piperidine rings is 1. The molecule has 218 valence electrons. The number of aliphatic hydroxyl groups is 1. The van der Waals surface area contributed by atoms with E-state index in [1.54, 1.807) is 18.6 Å². The standard InChI is InChI=1S/C30H35F3N6O2/c1-19-5-4-8-37(13-19)14-21-11-25(30(31,32)33)26-16-38(29(41)39(26)15-21)24-7-3-6-22(12-24)27(23-9-20(10-23)17-40)28-35-34-18-36(28)2/h3,6-7,11-12,15-16,18-20,23,27,40H,4-5,8-10,13-14,17H2,1-2H3/t19-,20?,23?,27+/m0/s1. The molecule has 1 aliphatic heterocycles. The number of fused-ring (bicyclic) bond motifs is 1. The third kappa shape index (κ3) is 5.32. The zero-order valence-corrected chi connectivity index (χ0v) is 23.3. The van der Waals surface area contributed by atoms with E-state index in [2.05, 4.69) is 22.0 Å². The number of aromatic nitrogens is 5. The van der Waals surface area contributed by atoms with E-state index in [1.807, 2.05) is 29.8 Å². The van der Waals surface area contributed by atoms with Crippen LogP contribution in [0.2, 0.25) is 0 Å².